The van der Waals surface area contributed by atoms with E-state index in [2.05, 4.69) is 20.9 Å². The fraction of sp³-hybridized carbons (Fsp3) is 0.333. The highest BCUT2D eigenvalue weighted by atomic mass is 16.5. The number of morpholine rings is 1. The Kier molecular flexibility index (Phi) is 3.98. The molecule has 2 heterocycles. The Morgan fingerprint density at radius 3 is 2.81 bits per heavy atom. The Morgan fingerprint density at radius 1 is 1.29 bits per heavy atom. The number of anilines is 1. The van der Waals surface area contributed by atoms with Gasteiger partial charge in [0.25, 0.3) is 5.56 Å². The van der Waals surface area contributed by atoms with Crippen molar-refractivity contribution in [3.05, 3.63) is 46.2 Å². The molecule has 1 saturated heterocycles. The number of nitrogen functional groups attached to an aromatic ring is 1. The van der Waals surface area contributed by atoms with E-state index in [1.807, 2.05) is 18.2 Å². The summed E-state index contributed by atoms with van der Waals surface area (Å²) in [6.45, 7) is 4.17. The number of aromatic amines is 1. The van der Waals surface area contributed by atoms with Crippen molar-refractivity contribution in [3.63, 3.8) is 0 Å². The fourth-order valence-corrected chi connectivity index (χ4v) is 2.52. The maximum absolute atomic E-state index is 11.6. The van der Waals surface area contributed by atoms with E-state index in [1.165, 1.54) is 6.07 Å². The summed E-state index contributed by atoms with van der Waals surface area (Å²) in [5.74, 6) is 0.138. The maximum Gasteiger partial charge on any atom is 0.252 e. The Hall–Kier alpha value is -2.18. The highest BCUT2D eigenvalue weighted by Gasteiger charge is 2.14. The van der Waals surface area contributed by atoms with Crippen LogP contribution in [0.3, 0.4) is 0 Å². The van der Waals surface area contributed by atoms with Gasteiger partial charge in [0.2, 0.25) is 5.95 Å². The number of nitrogens with two attached hydrogens (primary N) is 1. The van der Waals surface area contributed by atoms with Crippen LogP contribution in [0.25, 0.3) is 11.3 Å². The lowest BCUT2D eigenvalue weighted by molar-refractivity contribution is 0.0342. The molecule has 110 valence electrons. The van der Waals surface area contributed by atoms with Crippen LogP contribution >= 0.6 is 0 Å². The molecule has 3 N–H and O–H groups in total. The summed E-state index contributed by atoms with van der Waals surface area (Å²) in [5, 5.41) is 0. The van der Waals surface area contributed by atoms with Gasteiger partial charge < -0.3 is 10.5 Å². The van der Waals surface area contributed by atoms with Crippen LogP contribution in [-0.4, -0.2) is 41.2 Å². The van der Waals surface area contributed by atoms with Crippen LogP contribution in [0.4, 0.5) is 5.95 Å². The summed E-state index contributed by atoms with van der Waals surface area (Å²) >= 11 is 0. The van der Waals surface area contributed by atoms with Gasteiger partial charge in [-0.05, 0) is 5.56 Å². The molecule has 0 radical (unpaired) electrons. The molecule has 3 rings (SSSR count). The number of aromatic nitrogens is 2. The number of H-pyrrole nitrogens is 1. The van der Waals surface area contributed by atoms with E-state index in [4.69, 9.17) is 10.5 Å². The van der Waals surface area contributed by atoms with Crippen molar-refractivity contribution in [1.82, 2.24) is 14.9 Å². The van der Waals surface area contributed by atoms with Gasteiger partial charge in [-0.3, -0.25) is 14.7 Å². The predicted octanol–water partition coefficient (Wildman–Crippen LogP) is 0.851. The largest absolute Gasteiger partial charge is 0.379 e. The van der Waals surface area contributed by atoms with Gasteiger partial charge in [0.15, 0.2) is 0 Å². The smallest absolute Gasteiger partial charge is 0.252 e. The molecule has 0 unspecified atom stereocenters. The van der Waals surface area contributed by atoms with Gasteiger partial charge in [-0.25, -0.2) is 4.98 Å². The monoisotopic (exact) mass is 286 g/mol. The van der Waals surface area contributed by atoms with E-state index in [9.17, 15) is 4.79 Å². The molecule has 1 aliphatic heterocycles. The number of rotatable bonds is 3. The first-order valence-corrected chi connectivity index (χ1v) is 6.97. The summed E-state index contributed by atoms with van der Waals surface area (Å²) in [5.41, 5.74) is 8.09. The number of nitrogens with one attached hydrogen (secondary N) is 1. The van der Waals surface area contributed by atoms with Crippen LogP contribution in [0.1, 0.15) is 5.56 Å². The van der Waals surface area contributed by atoms with E-state index in [0.29, 0.717) is 5.69 Å². The second-order valence-corrected chi connectivity index (χ2v) is 5.06. The minimum absolute atomic E-state index is 0.138. The van der Waals surface area contributed by atoms with Crippen molar-refractivity contribution in [1.29, 1.82) is 0 Å². The maximum atomic E-state index is 11.6. The van der Waals surface area contributed by atoms with Gasteiger partial charge in [0, 0.05) is 31.3 Å². The van der Waals surface area contributed by atoms with Crippen molar-refractivity contribution < 1.29 is 4.74 Å². The Bertz CT molecular complexity index is 677. The molecule has 0 bridgehead atoms. The molecule has 1 aromatic heterocycles. The second-order valence-electron chi connectivity index (χ2n) is 5.06. The van der Waals surface area contributed by atoms with E-state index < -0.39 is 0 Å². The average molecular weight is 286 g/mol. The topological polar surface area (TPSA) is 84.2 Å². The Morgan fingerprint density at radius 2 is 2.05 bits per heavy atom. The quantitative estimate of drug-likeness (QED) is 0.874. The van der Waals surface area contributed by atoms with Gasteiger partial charge in [-0.2, -0.15) is 0 Å². The molecule has 6 heteroatoms. The third kappa shape index (κ3) is 3.29. The zero-order chi connectivity index (χ0) is 14.7. The first-order chi connectivity index (χ1) is 10.2. The van der Waals surface area contributed by atoms with Gasteiger partial charge >= 0.3 is 0 Å². The molecule has 1 aliphatic rings. The molecule has 0 aliphatic carbocycles. The Balaban J connectivity index is 1.93. The van der Waals surface area contributed by atoms with Gasteiger partial charge in [-0.1, -0.05) is 24.3 Å². The van der Waals surface area contributed by atoms with Crippen molar-refractivity contribution in [3.8, 4) is 11.3 Å². The molecule has 2 aromatic rings. The highest BCUT2D eigenvalue weighted by molar-refractivity contribution is 5.64. The first kappa shape index (κ1) is 13.8. The number of benzene rings is 1. The summed E-state index contributed by atoms with van der Waals surface area (Å²) in [6.07, 6.45) is 0. The summed E-state index contributed by atoms with van der Waals surface area (Å²) < 4.78 is 5.37. The Labute approximate surface area is 122 Å². The fourth-order valence-electron chi connectivity index (χ4n) is 2.52. The van der Waals surface area contributed by atoms with Gasteiger partial charge in [-0.15, -0.1) is 0 Å². The van der Waals surface area contributed by atoms with Gasteiger partial charge in [0.05, 0.1) is 18.9 Å². The molecule has 0 amide bonds. The third-order valence-corrected chi connectivity index (χ3v) is 3.55. The summed E-state index contributed by atoms with van der Waals surface area (Å²) in [7, 11) is 0. The molecule has 0 spiro atoms. The van der Waals surface area contributed by atoms with Crippen LogP contribution in [0.15, 0.2) is 35.1 Å². The lowest BCUT2D eigenvalue weighted by Crippen LogP contribution is -2.35. The second kappa shape index (κ2) is 6.07. The van der Waals surface area contributed by atoms with E-state index >= 15 is 0 Å². The zero-order valence-corrected chi connectivity index (χ0v) is 11.7. The van der Waals surface area contributed by atoms with Crippen LogP contribution in [-0.2, 0) is 11.3 Å². The molecule has 21 heavy (non-hydrogen) atoms. The van der Waals surface area contributed by atoms with E-state index in [-0.39, 0.29) is 11.5 Å². The van der Waals surface area contributed by atoms with Crippen LogP contribution < -0.4 is 11.3 Å². The molecular formula is C15H18N4O2. The summed E-state index contributed by atoms with van der Waals surface area (Å²) in [6, 6.07) is 9.45. The van der Waals surface area contributed by atoms with Crippen LogP contribution in [0.5, 0.6) is 0 Å². The molecule has 0 saturated carbocycles. The minimum atomic E-state index is -0.237. The first-order valence-electron chi connectivity index (χ1n) is 6.97. The SMILES string of the molecule is Nc1nc(-c2ccccc2CN2CCOCC2)cc(=O)[nH]1. The van der Waals surface area contributed by atoms with E-state index in [1.54, 1.807) is 0 Å². The van der Waals surface area contributed by atoms with Crippen LogP contribution in [0.2, 0.25) is 0 Å². The van der Waals surface area contributed by atoms with Gasteiger partial charge in [0.1, 0.15) is 0 Å². The highest BCUT2D eigenvalue weighted by Crippen LogP contribution is 2.22. The lowest BCUT2D eigenvalue weighted by atomic mass is 10.0. The molecular weight excluding hydrogens is 268 g/mol. The normalized spacial score (nSPS) is 16.0. The predicted molar refractivity (Wildman–Crippen MR) is 80.8 cm³/mol. The number of ether oxygens (including phenoxy) is 1. The van der Waals surface area contributed by atoms with Crippen LogP contribution in [0, 0.1) is 0 Å². The summed E-state index contributed by atoms with van der Waals surface area (Å²) in [4.78, 5) is 20.6. The number of hydrogen-bond donors (Lipinski definition) is 2. The standard InChI is InChI=1S/C15H18N4O2/c16-15-17-13(9-14(20)18-15)12-4-2-1-3-11(12)10-19-5-7-21-8-6-19/h1-4,9H,5-8,10H2,(H3,16,17,18,20). The average Bonchev–Trinajstić information content (AvgIpc) is 2.48. The zero-order valence-electron chi connectivity index (χ0n) is 11.7. The number of hydrogen-bond acceptors (Lipinski definition) is 5. The third-order valence-electron chi connectivity index (χ3n) is 3.55. The molecule has 6 nitrogen and oxygen atoms in total. The van der Waals surface area contributed by atoms with Crippen molar-refractivity contribution >= 4 is 5.95 Å². The molecule has 1 fully saturated rings. The lowest BCUT2D eigenvalue weighted by Gasteiger charge is -2.27. The molecule has 1 aromatic carbocycles. The molecule has 0 atom stereocenters. The number of nitrogens with zero attached hydrogens (tertiary/aromatic N) is 2. The van der Waals surface area contributed by atoms with Crippen molar-refractivity contribution in [2.24, 2.45) is 0 Å². The van der Waals surface area contributed by atoms with Crippen molar-refractivity contribution in [2.75, 3.05) is 32.0 Å². The minimum Gasteiger partial charge on any atom is -0.379 e. The van der Waals surface area contributed by atoms with E-state index in [0.717, 1.165) is 44.0 Å². The van der Waals surface area contributed by atoms with Crippen molar-refractivity contribution in [2.45, 2.75) is 6.54 Å².